The molecular weight excluding hydrogens is 266 g/mol. The lowest BCUT2D eigenvalue weighted by Gasteiger charge is -2.21. The van der Waals surface area contributed by atoms with E-state index >= 15 is 0 Å². The fourth-order valence-electron chi connectivity index (χ4n) is 2.34. The molecule has 0 atom stereocenters. The number of carbonyl (C=O) groups is 1. The van der Waals surface area contributed by atoms with E-state index in [4.69, 9.17) is 4.74 Å². The van der Waals surface area contributed by atoms with Crippen LogP contribution in [0.1, 0.15) is 24.1 Å². The number of hydrogen-bond donors (Lipinski definition) is 1. The minimum absolute atomic E-state index is 0.0269. The van der Waals surface area contributed by atoms with Gasteiger partial charge >= 0.3 is 0 Å². The summed E-state index contributed by atoms with van der Waals surface area (Å²) in [5, 5.41) is 11.1. The number of carbonyl (C=O) groups excluding carboxylic acids is 1. The Morgan fingerprint density at radius 1 is 1.05 bits per heavy atom. The zero-order chi connectivity index (χ0) is 14.7. The van der Waals surface area contributed by atoms with Gasteiger partial charge in [-0.05, 0) is 18.1 Å². The van der Waals surface area contributed by atoms with E-state index in [1.807, 2.05) is 36.4 Å². The molecule has 0 fully saturated rings. The molecule has 106 valence electrons. The molecular formula is C16H15N3O2. The molecule has 0 saturated heterocycles. The standard InChI is InChI=1S/C16H15N3O2/c1-21-15-10-8-13(18-19-15)12-7-9-14(20)17-16(12)11-5-3-2-4-6-11/h2-6,8,10H,7,9H2,1H3,(H,17,20). The Balaban J connectivity index is 2.07. The molecule has 1 aromatic carbocycles. The van der Waals surface area contributed by atoms with Crippen molar-refractivity contribution in [1.82, 2.24) is 15.5 Å². The molecule has 0 spiro atoms. The summed E-state index contributed by atoms with van der Waals surface area (Å²) in [7, 11) is 1.55. The van der Waals surface area contributed by atoms with Crippen molar-refractivity contribution >= 4 is 17.2 Å². The van der Waals surface area contributed by atoms with Crippen molar-refractivity contribution in [3.63, 3.8) is 0 Å². The van der Waals surface area contributed by atoms with Gasteiger partial charge in [-0.15, -0.1) is 10.2 Å². The average Bonchev–Trinajstić information content (AvgIpc) is 2.56. The first-order chi connectivity index (χ1) is 10.3. The summed E-state index contributed by atoms with van der Waals surface area (Å²) in [4.78, 5) is 11.7. The molecule has 3 rings (SSSR count). The quantitative estimate of drug-likeness (QED) is 0.937. The predicted molar refractivity (Wildman–Crippen MR) is 79.2 cm³/mol. The second-order valence-corrected chi connectivity index (χ2v) is 4.73. The van der Waals surface area contributed by atoms with Crippen molar-refractivity contribution < 1.29 is 9.53 Å². The Morgan fingerprint density at radius 2 is 1.86 bits per heavy atom. The monoisotopic (exact) mass is 281 g/mol. The summed E-state index contributed by atoms with van der Waals surface area (Å²) in [6.07, 6.45) is 1.11. The van der Waals surface area contributed by atoms with Crippen LogP contribution in [0, 0.1) is 0 Å². The molecule has 21 heavy (non-hydrogen) atoms. The van der Waals surface area contributed by atoms with Gasteiger partial charge in [0.1, 0.15) is 0 Å². The highest BCUT2D eigenvalue weighted by atomic mass is 16.5. The summed E-state index contributed by atoms with van der Waals surface area (Å²) < 4.78 is 5.03. The fourth-order valence-corrected chi connectivity index (χ4v) is 2.34. The normalized spacial score (nSPS) is 14.8. The maximum atomic E-state index is 11.7. The van der Waals surface area contributed by atoms with E-state index in [0.29, 0.717) is 18.7 Å². The Labute approximate surface area is 122 Å². The predicted octanol–water partition coefficient (Wildman–Crippen LogP) is 2.26. The first-order valence-electron chi connectivity index (χ1n) is 6.74. The van der Waals surface area contributed by atoms with Gasteiger partial charge in [-0.1, -0.05) is 30.3 Å². The zero-order valence-corrected chi connectivity index (χ0v) is 11.7. The van der Waals surface area contributed by atoms with Crippen LogP contribution >= 0.6 is 0 Å². The highest BCUT2D eigenvalue weighted by Gasteiger charge is 2.21. The van der Waals surface area contributed by atoms with Crippen LogP contribution in [0.4, 0.5) is 0 Å². The SMILES string of the molecule is COc1ccc(C2=C(c3ccccc3)NC(=O)CC2)nn1. The third-order valence-electron chi connectivity index (χ3n) is 3.39. The molecule has 1 amide bonds. The molecule has 0 unspecified atom stereocenters. The second-order valence-electron chi connectivity index (χ2n) is 4.73. The minimum Gasteiger partial charge on any atom is -0.480 e. The highest BCUT2D eigenvalue weighted by molar-refractivity contribution is 6.00. The van der Waals surface area contributed by atoms with Crippen molar-refractivity contribution in [2.45, 2.75) is 12.8 Å². The Hall–Kier alpha value is -2.69. The largest absolute Gasteiger partial charge is 0.480 e. The van der Waals surface area contributed by atoms with Crippen LogP contribution in [0.3, 0.4) is 0 Å². The number of ether oxygens (including phenoxy) is 1. The molecule has 0 aliphatic carbocycles. The number of amides is 1. The first-order valence-corrected chi connectivity index (χ1v) is 6.74. The number of rotatable bonds is 3. The van der Waals surface area contributed by atoms with E-state index < -0.39 is 0 Å². The summed E-state index contributed by atoms with van der Waals surface area (Å²) in [5.41, 5.74) is 3.54. The molecule has 0 saturated carbocycles. The van der Waals surface area contributed by atoms with Gasteiger partial charge in [0.25, 0.3) is 0 Å². The lowest BCUT2D eigenvalue weighted by Crippen LogP contribution is -2.27. The lowest BCUT2D eigenvalue weighted by atomic mass is 9.96. The van der Waals surface area contributed by atoms with Crippen LogP contribution in [0.15, 0.2) is 42.5 Å². The van der Waals surface area contributed by atoms with Crippen LogP contribution in [-0.4, -0.2) is 23.2 Å². The number of aromatic nitrogens is 2. The molecule has 1 aliphatic heterocycles. The topological polar surface area (TPSA) is 64.1 Å². The number of methoxy groups -OCH3 is 1. The zero-order valence-electron chi connectivity index (χ0n) is 11.7. The van der Waals surface area contributed by atoms with Gasteiger partial charge in [-0.3, -0.25) is 4.79 Å². The first kappa shape index (κ1) is 13.3. The van der Waals surface area contributed by atoms with Crippen molar-refractivity contribution in [2.75, 3.05) is 7.11 Å². The summed E-state index contributed by atoms with van der Waals surface area (Å²) in [6.45, 7) is 0. The number of nitrogens with one attached hydrogen (secondary N) is 1. The van der Waals surface area contributed by atoms with Gasteiger partial charge in [0.05, 0.1) is 18.5 Å². The van der Waals surface area contributed by atoms with Gasteiger partial charge in [-0.2, -0.15) is 0 Å². The Morgan fingerprint density at radius 3 is 2.52 bits per heavy atom. The summed E-state index contributed by atoms with van der Waals surface area (Å²) in [5.74, 6) is 0.500. The van der Waals surface area contributed by atoms with E-state index in [0.717, 1.165) is 22.5 Å². The van der Waals surface area contributed by atoms with Crippen LogP contribution < -0.4 is 10.1 Å². The van der Waals surface area contributed by atoms with Crippen LogP contribution in [-0.2, 0) is 4.79 Å². The number of hydrogen-bond acceptors (Lipinski definition) is 4. The van der Waals surface area contributed by atoms with Crippen LogP contribution in [0.2, 0.25) is 0 Å². The maximum Gasteiger partial charge on any atom is 0.233 e. The fraction of sp³-hybridized carbons (Fsp3) is 0.188. The van der Waals surface area contributed by atoms with Crippen molar-refractivity contribution in [1.29, 1.82) is 0 Å². The molecule has 5 heteroatoms. The van der Waals surface area contributed by atoms with Gasteiger partial charge < -0.3 is 10.1 Å². The van der Waals surface area contributed by atoms with Crippen molar-refractivity contribution in [2.24, 2.45) is 0 Å². The summed E-state index contributed by atoms with van der Waals surface area (Å²) in [6, 6.07) is 13.4. The Bertz CT molecular complexity index is 678. The lowest BCUT2D eigenvalue weighted by molar-refractivity contribution is -0.120. The molecule has 2 heterocycles. The molecule has 1 aliphatic rings. The smallest absolute Gasteiger partial charge is 0.233 e. The highest BCUT2D eigenvalue weighted by Crippen LogP contribution is 2.30. The molecule has 1 N–H and O–H groups in total. The number of allylic oxidation sites excluding steroid dienone is 1. The van der Waals surface area contributed by atoms with E-state index in [1.165, 1.54) is 0 Å². The van der Waals surface area contributed by atoms with Crippen molar-refractivity contribution in [3.8, 4) is 5.88 Å². The van der Waals surface area contributed by atoms with E-state index in [2.05, 4.69) is 15.5 Å². The third-order valence-corrected chi connectivity index (χ3v) is 3.39. The minimum atomic E-state index is 0.0269. The number of benzene rings is 1. The number of nitrogens with zero attached hydrogens (tertiary/aromatic N) is 2. The molecule has 1 aromatic heterocycles. The van der Waals surface area contributed by atoms with Crippen molar-refractivity contribution in [3.05, 3.63) is 53.7 Å². The van der Waals surface area contributed by atoms with Gasteiger partial charge in [0.2, 0.25) is 11.8 Å². The van der Waals surface area contributed by atoms with E-state index in [-0.39, 0.29) is 5.91 Å². The summed E-state index contributed by atoms with van der Waals surface area (Å²) >= 11 is 0. The molecule has 0 bridgehead atoms. The van der Waals surface area contributed by atoms with Crippen LogP contribution in [0.5, 0.6) is 5.88 Å². The average molecular weight is 281 g/mol. The third kappa shape index (κ3) is 2.76. The van der Waals surface area contributed by atoms with Gasteiger partial charge in [-0.25, -0.2) is 0 Å². The Kier molecular flexibility index (Phi) is 3.64. The molecule has 5 nitrogen and oxygen atoms in total. The molecule has 0 radical (unpaired) electrons. The van der Waals surface area contributed by atoms with Crippen LogP contribution in [0.25, 0.3) is 11.3 Å². The van der Waals surface area contributed by atoms with Gasteiger partial charge in [0.15, 0.2) is 0 Å². The van der Waals surface area contributed by atoms with E-state index in [1.54, 1.807) is 13.2 Å². The second kappa shape index (κ2) is 5.75. The van der Waals surface area contributed by atoms with E-state index in [9.17, 15) is 4.79 Å². The van der Waals surface area contributed by atoms with Gasteiger partial charge in [0, 0.05) is 18.1 Å². The molecule has 2 aromatic rings. The maximum absolute atomic E-state index is 11.7.